The zero-order chi connectivity index (χ0) is 20.5. The van der Waals surface area contributed by atoms with E-state index < -0.39 is 0 Å². The highest BCUT2D eigenvalue weighted by Crippen LogP contribution is 2.30. The summed E-state index contributed by atoms with van der Waals surface area (Å²) < 4.78 is 10.5. The first-order chi connectivity index (χ1) is 14.7. The Morgan fingerprint density at radius 1 is 0.500 bits per heavy atom. The number of hydrogen-bond donors (Lipinski definition) is 0. The lowest BCUT2D eigenvalue weighted by Gasteiger charge is -2.08. The molecule has 0 saturated carbocycles. The number of pyridine rings is 2. The first kappa shape index (κ1) is 18.1. The highest BCUT2D eigenvalue weighted by molar-refractivity contribution is 6.04. The quantitative estimate of drug-likeness (QED) is 0.345. The van der Waals surface area contributed by atoms with Gasteiger partial charge >= 0.3 is 0 Å². The molecule has 0 aliphatic heterocycles. The van der Waals surface area contributed by atoms with Crippen LogP contribution in [0.25, 0.3) is 44.1 Å². The number of hydrogen-bond acceptors (Lipinski definition) is 4. The Hall–Kier alpha value is -3.92. The highest BCUT2D eigenvalue weighted by atomic mass is 16.5. The van der Waals surface area contributed by atoms with Gasteiger partial charge in [-0.15, -0.1) is 0 Å². The van der Waals surface area contributed by atoms with E-state index in [0.717, 1.165) is 55.6 Å². The Balaban J connectivity index is 1.55. The molecule has 0 fully saturated rings. The van der Waals surface area contributed by atoms with Crippen LogP contribution in [0.3, 0.4) is 0 Å². The van der Waals surface area contributed by atoms with Gasteiger partial charge in [0.05, 0.1) is 25.3 Å². The third kappa shape index (κ3) is 3.22. The van der Waals surface area contributed by atoms with Crippen LogP contribution in [0.2, 0.25) is 0 Å². The summed E-state index contributed by atoms with van der Waals surface area (Å²) in [6.45, 7) is 0. The number of fused-ring (bicyclic) bond motifs is 3. The molecule has 0 amide bonds. The topological polar surface area (TPSA) is 44.2 Å². The van der Waals surface area contributed by atoms with E-state index in [1.807, 2.05) is 60.9 Å². The highest BCUT2D eigenvalue weighted by Gasteiger charge is 2.08. The zero-order valence-electron chi connectivity index (χ0n) is 16.8. The molecule has 2 heterocycles. The van der Waals surface area contributed by atoms with Crippen molar-refractivity contribution in [2.45, 2.75) is 0 Å². The lowest BCUT2D eigenvalue weighted by atomic mass is 10.0. The maximum absolute atomic E-state index is 5.25. The van der Waals surface area contributed by atoms with Crippen molar-refractivity contribution in [2.75, 3.05) is 14.2 Å². The number of benzene rings is 3. The third-order valence-corrected chi connectivity index (χ3v) is 5.35. The fourth-order valence-electron chi connectivity index (χ4n) is 3.68. The monoisotopic (exact) mass is 392 g/mol. The van der Waals surface area contributed by atoms with Crippen molar-refractivity contribution in [1.29, 1.82) is 0 Å². The molecule has 0 atom stereocenters. The summed E-state index contributed by atoms with van der Waals surface area (Å²) in [7, 11) is 3.34. The summed E-state index contributed by atoms with van der Waals surface area (Å²) in [6, 6.07) is 24.5. The molecule has 2 aromatic heterocycles. The average molecular weight is 392 g/mol. The Morgan fingerprint density at radius 3 is 1.27 bits per heavy atom. The van der Waals surface area contributed by atoms with E-state index in [-0.39, 0.29) is 0 Å². The van der Waals surface area contributed by atoms with Gasteiger partial charge in [-0.1, -0.05) is 36.4 Å². The predicted molar refractivity (Wildman–Crippen MR) is 121 cm³/mol. The van der Waals surface area contributed by atoms with Crippen LogP contribution in [0.15, 0.2) is 85.2 Å². The molecule has 5 rings (SSSR count). The van der Waals surface area contributed by atoms with Crippen molar-refractivity contribution in [1.82, 2.24) is 9.97 Å². The fraction of sp³-hybridized carbons (Fsp3) is 0.0769. The van der Waals surface area contributed by atoms with Gasteiger partial charge in [0.2, 0.25) is 0 Å². The van der Waals surface area contributed by atoms with Gasteiger partial charge in [-0.05, 0) is 47.5 Å². The van der Waals surface area contributed by atoms with Crippen molar-refractivity contribution in [3.05, 3.63) is 85.2 Å². The van der Waals surface area contributed by atoms with Crippen LogP contribution in [0, 0.1) is 0 Å². The van der Waals surface area contributed by atoms with Crippen LogP contribution in [0.5, 0.6) is 11.5 Å². The summed E-state index contributed by atoms with van der Waals surface area (Å²) in [6.07, 6.45) is 3.81. The van der Waals surface area contributed by atoms with Crippen LogP contribution >= 0.6 is 0 Å². The summed E-state index contributed by atoms with van der Waals surface area (Å²) in [5.74, 6) is 1.69. The van der Waals surface area contributed by atoms with Gasteiger partial charge in [0.25, 0.3) is 0 Å². The van der Waals surface area contributed by atoms with Gasteiger partial charge in [-0.3, -0.25) is 9.97 Å². The third-order valence-electron chi connectivity index (χ3n) is 5.35. The SMILES string of the molecule is COc1ccc(-c2cnc3c(ccc4cc(-c5ccc(OC)cc5)cnc43)c2)cc1. The summed E-state index contributed by atoms with van der Waals surface area (Å²) in [5.41, 5.74) is 6.16. The minimum atomic E-state index is 0.843. The normalized spacial score (nSPS) is 11.0. The Labute approximate surface area is 174 Å². The van der Waals surface area contributed by atoms with Crippen molar-refractivity contribution in [3.8, 4) is 33.8 Å². The van der Waals surface area contributed by atoms with Gasteiger partial charge in [-0.2, -0.15) is 0 Å². The Kier molecular flexibility index (Phi) is 4.52. The standard InChI is InChI=1S/C26H20N2O2/c1-29-23-9-5-17(6-10-23)21-13-19-3-4-20-14-22(16-28-26(20)25(19)27-15-21)18-7-11-24(30-2)12-8-18/h3-16H,1-2H3. The van der Waals surface area contributed by atoms with E-state index in [1.165, 1.54) is 0 Å². The molecule has 0 spiro atoms. The van der Waals surface area contributed by atoms with Crippen LogP contribution in [-0.2, 0) is 0 Å². The summed E-state index contributed by atoms with van der Waals surface area (Å²) in [5, 5.41) is 2.14. The minimum absolute atomic E-state index is 0.843. The van der Waals surface area contributed by atoms with E-state index >= 15 is 0 Å². The van der Waals surface area contributed by atoms with Gasteiger partial charge in [0.15, 0.2) is 0 Å². The largest absolute Gasteiger partial charge is 0.497 e. The lowest BCUT2D eigenvalue weighted by molar-refractivity contribution is 0.415. The van der Waals surface area contributed by atoms with Crippen molar-refractivity contribution in [3.63, 3.8) is 0 Å². The van der Waals surface area contributed by atoms with Crippen LogP contribution in [0.4, 0.5) is 0 Å². The predicted octanol–water partition coefficient (Wildman–Crippen LogP) is 6.13. The molecule has 0 unspecified atom stereocenters. The molecule has 146 valence electrons. The van der Waals surface area contributed by atoms with E-state index in [4.69, 9.17) is 19.4 Å². The number of nitrogens with zero attached hydrogens (tertiary/aromatic N) is 2. The fourth-order valence-corrected chi connectivity index (χ4v) is 3.68. The smallest absolute Gasteiger partial charge is 0.118 e. The van der Waals surface area contributed by atoms with Gasteiger partial charge in [0.1, 0.15) is 11.5 Å². The van der Waals surface area contributed by atoms with Gasteiger partial charge in [-0.25, -0.2) is 0 Å². The molecule has 0 aliphatic rings. The van der Waals surface area contributed by atoms with Gasteiger partial charge in [0, 0.05) is 34.3 Å². The van der Waals surface area contributed by atoms with Crippen LogP contribution in [0.1, 0.15) is 0 Å². The minimum Gasteiger partial charge on any atom is -0.497 e. The zero-order valence-corrected chi connectivity index (χ0v) is 16.8. The summed E-state index contributed by atoms with van der Waals surface area (Å²) in [4.78, 5) is 9.49. The molecule has 0 radical (unpaired) electrons. The molecule has 0 aliphatic carbocycles. The lowest BCUT2D eigenvalue weighted by Crippen LogP contribution is -1.89. The van der Waals surface area contributed by atoms with E-state index in [2.05, 4.69) is 24.3 Å². The first-order valence-corrected chi connectivity index (χ1v) is 9.72. The molecule has 4 heteroatoms. The van der Waals surface area contributed by atoms with Crippen molar-refractivity contribution >= 4 is 21.8 Å². The molecule has 0 N–H and O–H groups in total. The second-order valence-electron chi connectivity index (χ2n) is 7.11. The second kappa shape index (κ2) is 7.48. The molecular weight excluding hydrogens is 372 g/mol. The maximum Gasteiger partial charge on any atom is 0.118 e. The number of ether oxygens (including phenoxy) is 2. The van der Waals surface area contributed by atoms with Crippen LogP contribution in [-0.4, -0.2) is 24.2 Å². The van der Waals surface area contributed by atoms with E-state index in [1.54, 1.807) is 14.2 Å². The molecule has 0 bridgehead atoms. The molecule has 3 aromatic carbocycles. The van der Waals surface area contributed by atoms with Gasteiger partial charge < -0.3 is 9.47 Å². The van der Waals surface area contributed by atoms with E-state index in [0.29, 0.717) is 0 Å². The van der Waals surface area contributed by atoms with Crippen molar-refractivity contribution in [2.24, 2.45) is 0 Å². The average Bonchev–Trinajstić information content (AvgIpc) is 2.83. The number of aromatic nitrogens is 2. The Bertz CT molecular complexity index is 1240. The molecule has 30 heavy (non-hydrogen) atoms. The molecule has 5 aromatic rings. The molecular formula is C26H20N2O2. The van der Waals surface area contributed by atoms with E-state index in [9.17, 15) is 0 Å². The maximum atomic E-state index is 5.25. The van der Waals surface area contributed by atoms with Crippen molar-refractivity contribution < 1.29 is 9.47 Å². The second-order valence-corrected chi connectivity index (χ2v) is 7.11. The summed E-state index contributed by atoms with van der Waals surface area (Å²) >= 11 is 0. The molecule has 4 nitrogen and oxygen atoms in total. The van der Waals surface area contributed by atoms with Crippen LogP contribution < -0.4 is 9.47 Å². The number of methoxy groups -OCH3 is 2. The Morgan fingerprint density at radius 2 is 0.900 bits per heavy atom. The molecule has 0 saturated heterocycles. The number of rotatable bonds is 4. The first-order valence-electron chi connectivity index (χ1n) is 9.72.